The number of aromatic nitrogens is 1. The number of para-hydroxylation sites is 1. The van der Waals surface area contributed by atoms with Crippen molar-refractivity contribution in [3.05, 3.63) is 81.3 Å². The monoisotopic (exact) mass is 354 g/mol. The smallest absolute Gasteiger partial charge is 0.258 e. The number of nitrogens with one attached hydrogen (secondary N) is 1. The fourth-order valence-electron chi connectivity index (χ4n) is 3.03. The van der Waals surface area contributed by atoms with E-state index in [1.54, 1.807) is 29.7 Å². The predicted octanol–water partition coefficient (Wildman–Crippen LogP) is 5.32. The van der Waals surface area contributed by atoms with Gasteiger partial charge in [0.1, 0.15) is 5.15 Å². The number of benzene rings is 1. The molecule has 0 aliphatic heterocycles. The minimum Gasteiger partial charge on any atom is -0.322 e. The van der Waals surface area contributed by atoms with Crippen molar-refractivity contribution >= 4 is 34.5 Å². The number of hydrogen-bond donors (Lipinski definition) is 1. The van der Waals surface area contributed by atoms with Crippen LogP contribution in [0.2, 0.25) is 5.15 Å². The summed E-state index contributed by atoms with van der Waals surface area (Å²) in [4.78, 5) is 17.9. The molecule has 3 nitrogen and oxygen atoms in total. The maximum Gasteiger partial charge on any atom is 0.258 e. The fourth-order valence-corrected chi connectivity index (χ4v) is 4.15. The first-order valence-corrected chi connectivity index (χ1v) is 9.04. The van der Waals surface area contributed by atoms with Gasteiger partial charge in [-0.05, 0) is 47.5 Å². The van der Waals surface area contributed by atoms with Gasteiger partial charge in [-0.1, -0.05) is 35.9 Å². The van der Waals surface area contributed by atoms with E-state index >= 15 is 0 Å². The number of carbonyl (C=O) groups excluding carboxylic acids is 1. The molecule has 2 unspecified atom stereocenters. The van der Waals surface area contributed by atoms with Gasteiger partial charge in [0, 0.05) is 22.7 Å². The van der Waals surface area contributed by atoms with Gasteiger partial charge in [0.2, 0.25) is 0 Å². The highest BCUT2D eigenvalue weighted by Crippen LogP contribution is 2.57. The van der Waals surface area contributed by atoms with Crippen LogP contribution in [0.25, 0.3) is 0 Å². The Hall–Kier alpha value is -2.17. The SMILES string of the molecule is O=C(Nc1ccccc1C1CC1c1cccs1)c1cccnc1Cl. The number of pyridine rings is 1. The molecule has 3 aromatic rings. The summed E-state index contributed by atoms with van der Waals surface area (Å²) in [5.74, 6) is 0.795. The van der Waals surface area contributed by atoms with Crippen molar-refractivity contribution < 1.29 is 4.79 Å². The van der Waals surface area contributed by atoms with E-state index in [9.17, 15) is 4.79 Å². The summed E-state index contributed by atoms with van der Waals surface area (Å²) in [6, 6.07) is 15.7. The van der Waals surface area contributed by atoms with Gasteiger partial charge in [-0.3, -0.25) is 4.79 Å². The molecule has 1 saturated carbocycles. The normalized spacial score (nSPS) is 19.0. The first kappa shape index (κ1) is 15.4. The third kappa shape index (κ3) is 2.95. The second-order valence-corrected chi connectivity index (χ2v) is 7.18. The van der Waals surface area contributed by atoms with Gasteiger partial charge >= 0.3 is 0 Å². The van der Waals surface area contributed by atoms with Crippen molar-refractivity contribution in [2.45, 2.75) is 18.3 Å². The Bertz CT molecular complexity index is 879. The third-order valence-electron chi connectivity index (χ3n) is 4.31. The Balaban J connectivity index is 1.57. The van der Waals surface area contributed by atoms with E-state index in [1.807, 2.05) is 18.2 Å². The van der Waals surface area contributed by atoms with E-state index in [4.69, 9.17) is 11.6 Å². The number of amides is 1. The van der Waals surface area contributed by atoms with Crippen LogP contribution in [-0.4, -0.2) is 10.9 Å². The van der Waals surface area contributed by atoms with Crippen molar-refractivity contribution in [3.63, 3.8) is 0 Å². The molecule has 1 fully saturated rings. The lowest BCUT2D eigenvalue weighted by Crippen LogP contribution is -2.14. The zero-order chi connectivity index (χ0) is 16.5. The van der Waals surface area contributed by atoms with Crippen molar-refractivity contribution in [1.29, 1.82) is 0 Å². The maximum atomic E-state index is 12.5. The van der Waals surface area contributed by atoms with Crippen LogP contribution in [0.1, 0.15) is 39.1 Å². The maximum absolute atomic E-state index is 12.5. The van der Waals surface area contributed by atoms with Crippen LogP contribution in [0, 0.1) is 0 Å². The fraction of sp³-hybridized carbons (Fsp3) is 0.158. The number of carbonyl (C=O) groups is 1. The van der Waals surface area contributed by atoms with E-state index in [1.165, 1.54) is 10.4 Å². The number of hydrogen-bond acceptors (Lipinski definition) is 3. The van der Waals surface area contributed by atoms with Gasteiger partial charge in [0.05, 0.1) is 5.56 Å². The molecule has 0 spiro atoms. The first-order valence-electron chi connectivity index (χ1n) is 7.78. The van der Waals surface area contributed by atoms with Crippen LogP contribution in [0.3, 0.4) is 0 Å². The molecule has 1 aromatic carbocycles. The van der Waals surface area contributed by atoms with E-state index in [0.29, 0.717) is 17.4 Å². The zero-order valence-corrected chi connectivity index (χ0v) is 14.3. The Labute approximate surface area is 149 Å². The highest BCUT2D eigenvalue weighted by atomic mass is 35.5. The molecule has 5 heteroatoms. The van der Waals surface area contributed by atoms with Gasteiger partial charge in [0.15, 0.2) is 0 Å². The minimum absolute atomic E-state index is 0.218. The molecule has 4 rings (SSSR count). The molecule has 1 aliphatic rings. The number of halogens is 1. The van der Waals surface area contributed by atoms with Gasteiger partial charge in [-0.2, -0.15) is 0 Å². The van der Waals surface area contributed by atoms with Gasteiger partial charge in [0.25, 0.3) is 5.91 Å². The van der Waals surface area contributed by atoms with Gasteiger partial charge in [-0.25, -0.2) is 4.98 Å². The Morgan fingerprint density at radius 3 is 2.79 bits per heavy atom. The van der Waals surface area contributed by atoms with Crippen LogP contribution in [-0.2, 0) is 0 Å². The lowest BCUT2D eigenvalue weighted by atomic mass is 10.1. The van der Waals surface area contributed by atoms with Crippen LogP contribution < -0.4 is 5.32 Å². The van der Waals surface area contributed by atoms with Crippen LogP contribution in [0.15, 0.2) is 60.1 Å². The largest absolute Gasteiger partial charge is 0.322 e. The summed E-state index contributed by atoms with van der Waals surface area (Å²) in [6.07, 6.45) is 2.70. The summed E-state index contributed by atoms with van der Waals surface area (Å²) in [5, 5.41) is 5.33. The Kier molecular flexibility index (Phi) is 4.08. The Morgan fingerprint density at radius 1 is 1.12 bits per heavy atom. The molecular weight excluding hydrogens is 340 g/mol. The molecule has 0 bridgehead atoms. The van der Waals surface area contributed by atoms with E-state index in [0.717, 1.165) is 12.1 Å². The quantitative estimate of drug-likeness (QED) is 0.644. The molecule has 0 radical (unpaired) electrons. The van der Waals surface area contributed by atoms with Crippen molar-refractivity contribution in [2.75, 3.05) is 5.32 Å². The summed E-state index contributed by atoms with van der Waals surface area (Å²) < 4.78 is 0. The second kappa shape index (κ2) is 6.38. The van der Waals surface area contributed by atoms with E-state index in [2.05, 4.69) is 33.9 Å². The zero-order valence-electron chi connectivity index (χ0n) is 12.8. The van der Waals surface area contributed by atoms with Crippen LogP contribution in [0.5, 0.6) is 0 Å². The molecule has 2 atom stereocenters. The third-order valence-corrected chi connectivity index (χ3v) is 5.62. The average Bonchev–Trinajstić information content (AvgIpc) is 3.20. The summed E-state index contributed by atoms with van der Waals surface area (Å²) in [7, 11) is 0. The van der Waals surface area contributed by atoms with Gasteiger partial charge in [-0.15, -0.1) is 11.3 Å². The number of nitrogens with zero attached hydrogens (tertiary/aromatic N) is 1. The average molecular weight is 355 g/mol. The van der Waals surface area contributed by atoms with E-state index < -0.39 is 0 Å². The summed E-state index contributed by atoms with van der Waals surface area (Å²) in [6.45, 7) is 0. The highest BCUT2D eigenvalue weighted by molar-refractivity contribution is 7.10. The molecule has 0 saturated heterocycles. The molecule has 1 amide bonds. The highest BCUT2D eigenvalue weighted by Gasteiger charge is 2.41. The molecule has 24 heavy (non-hydrogen) atoms. The number of anilines is 1. The number of rotatable bonds is 4. The second-order valence-electron chi connectivity index (χ2n) is 5.85. The van der Waals surface area contributed by atoms with Crippen molar-refractivity contribution in [1.82, 2.24) is 4.98 Å². The minimum atomic E-state index is -0.228. The lowest BCUT2D eigenvalue weighted by Gasteiger charge is -2.11. The molecule has 1 aliphatic carbocycles. The van der Waals surface area contributed by atoms with Gasteiger partial charge < -0.3 is 5.32 Å². The molecular formula is C19H15ClN2OS. The van der Waals surface area contributed by atoms with E-state index in [-0.39, 0.29) is 11.1 Å². The topological polar surface area (TPSA) is 42.0 Å². The van der Waals surface area contributed by atoms with Crippen molar-refractivity contribution in [2.24, 2.45) is 0 Å². The van der Waals surface area contributed by atoms with Crippen LogP contribution >= 0.6 is 22.9 Å². The molecule has 120 valence electrons. The summed E-state index contributed by atoms with van der Waals surface area (Å²) in [5.41, 5.74) is 2.43. The standard InChI is InChI=1S/C19H15ClN2OS/c20-18-13(6-3-9-21-18)19(23)22-16-7-2-1-5-12(16)14-11-15(14)17-8-4-10-24-17/h1-10,14-15H,11H2,(H,22,23). The molecule has 2 aromatic heterocycles. The molecule has 1 N–H and O–H groups in total. The summed E-state index contributed by atoms with van der Waals surface area (Å²) >= 11 is 7.82. The first-order chi connectivity index (χ1) is 11.7. The lowest BCUT2D eigenvalue weighted by molar-refractivity contribution is 0.102. The number of thiophene rings is 1. The molecule has 2 heterocycles. The van der Waals surface area contributed by atoms with Crippen molar-refractivity contribution in [3.8, 4) is 0 Å². The predicted molar refractivity (Wildman–Crippen MR) is 98.1 cm³/mol. The van der Waals surface area contributed by atoms with Crippen LogP contribution in [0.4, 0.5) is 5.69 Å². The Morgan fingerprint density at radius 2 is 2.00 bits per heavy atom.